The van der Waals surface area contributed by atoms with Gasteiger partial charge in [-0.3, -0.25) is 0 Å². The first-order valence-electron chi connectivity index (χ1n) is 8.10. The molecule has 9 nitrogen and oxygen atoms in total. The van der Waals surface area contributed by atoms with E-state index in [2.05, 4.69) is 14.2 Å². The van der Waals surface area contributed by atoms with E-state index in [0.29, 0.717) is 22.7 Å². The molecule has 2 rings (SSSR count). The summed E-state index contributed by atoms with van der Waals surface area (Å²) in [5, 5.41) is 0. The predicted octanol–water partition coefficient (Wildman–Crippen LogP) is 4.69. The molecule has 0 aliphatic rings. The largest absolute Gasteiger partial charge is 0.518 e. The van der Waals surface area contributed by atoms with Crippen molar-refractivity contribution < 1.29 is 23.8 Å². The second kappa shape index (κ2) is 18.3. The fourth-order valence-corrected chi connectivity index (χ4v) is 1.87. The Kier molecular flexibility index (Phi) is 21.2. The molecule has 0 unspecified atom stereocenters. The molecule has 2 aromatic rings. The van der Waals surface area contributed by atoms with Gasteiger partial charge in [0.2, 0.25) is 0 Å². The van der Waals surface area contributed by atoms with Crippen molar-refractivity contribution in [3.05, 3.63) is 36.4 Å². The summed E-state index contributed by atoms with van der Waals surface area (Å²) < 4.78 is 12.6. The lowest BCUT2D eigenvalue weighted by Gasteiger charge is -2.07. The second-order valence-corrected chi connectivity index (χ2v) is 5.16. The molecule has 178 valence electrons. The molecule has 31 heavy (non-hydrogen) atoms. The van der Waals surface area contributed by atoms with Crippen LogP contribution in [0, 0.1) is 0 Å². The second-order valence-electron chi connectivity index (χ2n) is 5.16. The van der Waals surface area contributed by atoms with Gasteiger partial charge in [0, 0.05) is 0 Å². The normalized spacial score (nSPS) is 8.32. The highest BCUT2D eigenvalue weighted by molar-refractivity contribution is 5.86. The van der Waals surface area contributed by atoms with Crippen LogP contribution < -0.4 is 22.9 Å². The van der Waals surface area contributed by atoms with Gasteiger partial charge < -0.3 is 37.1 Å². The Bertz CT molecular complexity index is 747. The zero-order chi connectivity index (χ0) is 20.4. The van der Waals surface area contributed by atoms with Crippen LogP contribution in [0.25, 0.3) is 11.1 Å². The summed E-state index contributed by atoms with van der Waals surface area (Å²) in [6, 6.07) is 11.0. The van der Waals surface area contributed by atoms with Gasteiger partial charge in [-0.2, -0.15) is 0 Å². The number of hydrogen-bond donors (Lipinski definition) is 4. The minimum atomic E-state index is -1.04. The van der Waals surface area contributed by atoms with Crippen LogP contribution in [0.3, 0.4) is 0 Å². The monoisotopic (exact) mass is 520 g/mol. The summed E-state index contributed by atoms with van der Waals surface area (Å²) in [5.41, 5.74) is 27.0. The van der Waals surface area contributed by atoms with Gasteiger partial charge in [-0.05, 0) is 49.2 Å². The number of benzene rings is 2. The number of ether oxygens (including phenoxy) is 3. The standard InChI is InChI=1S/C12H14N4.C6H10O5.4ClH/c13-9-3-1-7(5-11(9)15)8-2-4-10(14)12(16)6-8;1-3-9-5(7)11-6(8)10-4-2;;;;/h1-6H,13-16H2;3-4H2,1-2H3;4*1H. The van der Waals surface area contributed by atoms with Gasteiger partial charge in [0.05, 0.1) is 36.0 Å². The van der Waals surface area contributed by atoms with Crippen LogP contribution in [-0.2, 0) is 14.2 Å². The van der Waals surface area contributed by atoms with Gasteiger partial charge in [-0.15, -0.1) is 49.6 Å². The summed E-state index contributed by atoms with van der Waals surface area (Å²) in [4.78, 5) is 20.8. The van der Waals surface area contributed by atoms with Crippen molar-refractivity contribution in [2.75, 3.05) is 36.1 Å². The molecular formula is C18H28Cl4N4O5. The Morgan fingerprint density at radius 1 is 0.645 bits per heavy atom. The molecule has 0 aliphatic heterocycles. The summed E-state index contributed by atoms with van der Waals surface area (Å²) in [5.74, 6) is 0. The Hall–Kier alpha value is -2.46. The zero-order valence-corrected chi connectivity index (χ0v) is 20.1. The molecule has 0 atom stereocenters. The summed E-state index contributed by atoms with van der Waals surface area (Å²) in [6.45, 7) is 3.54. The molecule has 0 fully saturated rings. The number of nitrogens with two attached hydrogens (primary N) is 4. The van der Waals surface area contributed by atoms with Gasteiger partial charge in [-0.25, -0.2) is 9.59 Å². The van der Waals surface area contributed by atoms with E-state index in [1.54, 1.807) is 26.0 Å². The molecule has 0 spiro atoms. The first-order valence-corrected chi connectivity index (χ1v) is 8.10. The smallest absolute Gasteiger partial charge is 0.434 e. The molecule has 0 radical (unpaired) electrons. The molecule has 0 bridgehead atoms. The third kappa shape index (κ3) is 12.7. The Labute approximate surface area is 205 Å². The lowest BCUT2D eigenvalue weighted by atomic mass is 10.0. The van der Waals surface area contributed by atoms with Gasteiger partial charge in [0.25, 0.3) is 0 Å². The quantitative estimate of drug-likeness (QED) is 0.254. The number of nitrogen functional groups attached to an aromatic ring is 4. The van der Waals surface area contributed by atoms with Crippen molar-refractivity contribution >= 4 is 84.7 Å². The molecule has 2 aromatic carbocycles. The van der Waals surface area contributed by atoms with E-state index in [1.807, 2.05) is 24.3 Å². The van der Waals surface area contributed by atoms with Crippen LogP contribution >= 0.6 is 49.6 Å². The van der Waals surface area contributed by atoms with E-state index in [0.717, 1.165) is 11.1 Å². The average molecular weight is 522 g/mol. The number of anilines is 4. The number of carbonyl (C=O) groups excluding carboxylic acids is 2. The molecule has 0 heterocycles. The van der Waals surface area contributed by atoms with Gasteiger partial charge in [0.15, 0.2) is 0 Å². The summed E-state index contributed by atoms with van der Waals surface area (Å²) in [7, 11) is 0. The van der Waals surface area contributed by atoms with Crippen molar-refractivity contribution in [1.82, 2.24) is 0 Å². The van der Waals surface area contributed by atoms with E-state index in [9.17, 15) is 9.59 Å². The third-order valence-corrected chi connectivity index (χ3v) is 3.20. The summed E-state index contributed by atoms with van der Waals surface area (Å²) >= 11 is 0. The minimum Gasteiger partial charge on any atom is -0.434 e. The summed E-state index contributed by atoms with van der Waals surface area (Å²) in [6.07, 6.45) is -2.07. The average Bonchev–Trinajstić information content (AvgIpc) is 2.60. The van der Waals surface area contributed by atoms with E-state index in [1.165, 1.54) is 0 Å². The number of hydrogen-bond acceptors (Lipinski definition) is 9. The van der Waals surface area contributed by atoms with E-state index >= 15 is 0 Å². The van der Waals surface area contributed by atoms with Crippen LogP contribution in [0.4, 0.5) is 32.3 Å². The maximum atomic E-state index is 10.4. The fraction of sp³-hybridized carbons (Fsp3) is 0.222. The highest BCUT2D eigenvalue weighted by atomic mass is 35.5. The molecule has 0 saturated carbocycles. The lowest BCUT2D eigenvalue weighted by Crippen LogP contribution is -2.14. The van der Waals surface area contributed by atoms with Crippen LogP contribution in [0.15, 0.2) is 36.4 Å². The highest BCUT2D eigenvalue weighted by Gasteiger charge is 2.10. The number of halogens is 4. The maximum absolute atomic E-state index is 10.4. The van der Waals surface area contributed by atoms with E-state index in [4.69, 9.17) is 22.9 Å². The molecule has 0 saturated heterocycles. The fourth-order valence-electron chi connectivity index (χ4n) is 1.87. The van der Waals surface area contributed by atoms with Crippen molar-refractivity contribution in [1.29, 1.82) is 0 Å². The van der Waals surface area contributed by atoms with Crippen molar-refractivity contribution in [2.45, 2.75) is 13.8 Å². The van der Waals surface area contributed by atoms with Gasteiger partial charge >= 0.3 is 12.3 Å². The number of carbonyl (C=O) groups is 2. The Balaban J connectivity index is -0.000000220. The third-order valence-electron chi connectivity index (χ3n) is 3.20. The predicted molar refractivity (Wildman–Crippen MR) is 134 cm³/mol. The van der Waals surface area contributed by atoms with Crippen molar-refractivity contribution in [3.63, 3.8) is 0 Å². The van der Waals surface area contributed by atoms with Crippen LogP contribution in [0.2, 0.25) is 0 Å². The van der Waals surface area contributed by atoms with Crippen molar-refractivity contribution in [3.8, 4) is 11.1 Å². The molecule has 8 N–H and O–H groups in total. The molecule has 0 aromatic heterocycles. The van der Waals surface area contributed by atoms with Gasteiger partial charge in [0.1, 0.15) is 0 Å². The first kappa shape index (κ1) is 35.9. The molecule has 13 heteroatoms. The number of rotatable bonds is 3. The highest BCUT2D eigenvalue weighted by Crippen LogP contribution is 2.28. The van der Waals surface area contributed by atoms with Crippen molar-refractivity contribution in [2.24, 2.45) is 0 Å². The Morgan fingerprint density at radius 3 is 1.23 bits per heavy atom. The van der Waals surface area contributed by atoms with Crippen LogP contribution in [0.5, 0.6) is 0 Å². The first-order chi connectivity index (χ1) is 12.8. The maximum Gasteiger partial charge on any atom is 0.518 e. The lowest BCUT2D eigenvalue weighted by molar-refractivity contribution is 0.0409. The van der Waals surface area contributed by atoms with Crippen LogP contribution in [0.1, 0.15) is 13.8 Å². The van der Waals surface area contributed by atoms with Crippen LogP contribution in [-0.4, -0.2) is 25.5 Å². The minimum absolute atomic E-state index is 0. The molecular weight excluding hydrogens is 494 g/mol. The molecule has 0 aliphatic carbocycles. The molecule has 0 amide bonds. The van der Waals surface area contributed by atoms with Gasteiger partial charge in [-0.1, -0.05) is 12.1 Å². The topological polar surface area (TPSA) is 166 Å². The van der Waals surface area contributed by atoms with E-state index < -0.39 is 12.3 Å². The zero-order valence-electron chi connectivity index (χ0n) is 16.9. The Morgan fingerprint density at radius 2 is 0.968 bits per heavy atom. The SMILES string of the molecule is CCOC(=O)OC(=O)OCC.Cl.Cl.Cl.Cl.Nc1ccc(-c2ccc(N)c(N)c2)cc1N. The van der Waals surface area contributed by atoms with E-state index in [-0.39, 0.29) is 62.8 Å².